The van der Waals surface area contributed by atoms with Crippen LogP contribution in [0.5, 0.6) is 0 Å². The molecule has 2 aliphatic rings. The van der Waals surface area contributed by atoms with Gasteiger partial charge in [0.15, 0.2) is 0 Å². The molecule has 0 aromatic heterocycles. The van der Waals surface area contributed by atoms with Crippen LogP contribution in [0.1, 0.15) is 52.4 Å². The summed E-state index contributed by atoms with van der Waals surface area (Å²) in [5, 5.41) is 0. The van der Waals surface area contributed by atoms with Gasteiger partial charge in [0, 0.05) is 0 Å². The fraction of sp³-hybridized carbons (Fsp3) is 0.500. The van der Waals surface area contributed by atoms with Crippen LogP contribution in [0.3, 0.4) is 0 Å². The average molecular weight is 315 g/mol. The van der Waals surface area contributed by atoms with Crippen molar-refractivity contribution in [1.82, 2.24) is 0 Å². The van der Waals surface area contributed by atoms with Crippen LogP contribution in [-0.2, 0) is 17.1 Å². The van der Waals surface area contributed by atoms with Crippen LogP contribution < -0.4 is 0 Å². The molecule has 1 heteroatoms. The van der Waals surface area contributed by atoms with Crippen molar-refractivity contribution in [3.63, 3.8) is 0 Å². The van der Waals surface area contributed by atoms with Gasteiger partial charge in [0.2, 0.25) is 0 Å². The Labute approximate surface area is 113 Å². The molecule has 0 spiro atoms. The summed E-state index contributed by atoms with van der Waals surface area (Å²) in [6.45, 7) is 4.60. The van der Waals surface area contributed by atoms with Gasteiger partial charge in [-0.25, -0.2) is 0 Å². The molecule has 0 unspecified atom stereocenters. The summed E-state index contributed by atoms with van der Waals surface area (Å²) < 4.78 is 3.52. The van der Waals surface area contributed by atoms with Crippen LogP contribution in [0.25, 0.3) is 0 Å². The van der Waals surface area contributed by atoms with E-state index in [-0.39, 0.29) is 0 Å². The average Bonchev–Trinajstić information content (AvgIpc) is 2.63. The van der Waals surface area contributed by atoms with Gasteiger partial charge < -0.3 is 0 Å². The minimum atomic E-state index is 0.322. The maximum atomic E-state index is 2.35. The van der Waals surface area contributed by atoms with E-state index >= 15 is 0 Å². The maximum absolute atomic E-state index is 2.35. The molecule has 0 bridgehead atoms. The van der Waals surface area contributed by atoms with Crippen LogP contribution in [0.2, 0.25) is 0 Å². The molecule has 0 atom stereocenters. The first kappa shape index (κ1) is 13.0. The summed E-state index contributed by atoms with van der Waals surface area (Å²) in [5.41, 5.74) is 3.10. The van der Waals surface area contributed by atoms with Crippen LogP contribution in [0.15, 0.2) is 43.8 Å². The summed E-state index contributed by atoms with van der Waals surface area (Å²) in [7, 11) is 0. The minimum absolute atomic E-state index is 0.322. The summed E-state index contributed by atoms with van der Waals surface area (Å²) in [6, 6.07) is 0. The Balaban J connectivity index is 2.14. The molecule has 2 rings (SSSR count). The predicted molar refractivity (Wildman–Crippen MR) is 71.4 cm³/mol. The Hall–Kier alpha value is -0.417. The van der Waals surface area contributed by atoms with Crippen LogP contribution in [0.4, 0.5) is 0 Å². The van der Waals surface area contributed by atoms with Gasteiger partial charge >= 0.3 is 113 Å². The molecule has 2 aliphatic carbocycles. The standard InChI is InChI=1S/2C8H11.Ru/c2*1-8-6-4-2-3-5-7-8;/h2*4,6H,2-3,5H2,1H3;. The molecule has 0 amide bonds. The second-order valence-electron chi connectivity index (χ2n) is 4.82. The van der Waals surface area contributed by atoms with E-state index in [1.807, 2.05) is 0 Å². The topological polar surface area (TPSA) is 0 Å². The van der Waals surface area contributed by atoms with Crippen molar-refractivity contribution in [3.8, 4) is 0 Å². The monoisotopic (exact) mass is 316 g/mol. The zero-order valence-electron chi connectivity index (χ0n) is 10.9. The number of hydrogen-bond donors (Lipinski definition) is 0. The van der Waals surface area contributed by atoms with E-state index in [0.29, 0.717) is 17.1 Å². The molecule has 17 heavy (non-hydrogen) atoms. The van der Waals surface area contributed by atoms with Gasteiger partial charge in [0.1, 0.15) is 0 Å². The number of allylic oxidation sites excluding steroid dienone is 8. The Kier molecular flexibility index (Phi) is 4.98. The number of rotatable bonds is 2. The summed E-state index contributed by atoms with van der Waals surface area (Å²) >= 11 is 0.322. The first-order valence-corrected chi connectivity index (χ1v) is 8.36. The molecule has 0 aromatic rings. The second-order valence-corrected chi connectivity index (χ2v) is 7.36. The third-order valence-corrected chi connectivity index (χ3v) is 6.60. The molecular weight excluding hydrogens is 293 g/mol. The second kappa shape index (κ2) is 6.50. The Morgan fingerprint density at radius 3 is 1.76 bits per heavy atom. The molecule has 0 aliphatic heterocycles. The quantitative estimate of drug-likeness (QED) is 0.622. The zero-order valence-corrected chi connectivity index (χ0v) is 12.6. The molecule has 0 N–H and O–H groups in total. The Morgan fingerprint density at radius 2 is 1.29 bits per heavy atom. The normalized spacial score (nSPS) is 22.0. The van der Waals surface area contributed by atoms with Crippen molar-refractivity contribution in [2.75, 3.05) is 0 Å². The SMILES string of the molecule is CC1=[C]([Ru][C]2=C(C)C=CCCC2)CCCC=C1. The van der Waals surface area contributed by atoms with Gasteiger partial charge in [0.25, 0.3) is 0 Å². The summed E-state index contributed by atoms with van der Waals surface area (Å²) in [5.74, 6) is 0. The predicted octanol–water partition coefficient (Wildman–Crippen LogP) is 5.10. The van der Waals surface area contributed by atoms with Crippen LogP contribution >= 0.6 is 0 Å². The van der Waals surface area contributed by atoms with Gasteiger partial charge in [-0.15, -0.1) is 0 Å². The van der Waals surface area contributed by atoms with E-state index in [4.69, 9.17) is 0 Å². The van der Waals surface area contributed by atoms with Gasteiger partial charge in [-0.1, -0.05) is 0 Å². The number of hydrogen-bond acceptors (Lipinski definition) is 0. The van der Waals surface area contributed by atoms with Crippen molar-refractivity contribution < 1.29 is 17.1 Å². The molecule has 0 nitrogen and oxygen atoms in total. The Morgan fingerprint density at radius 1 is 0.824 bits per heavy atom. The van der Waals surface area contributed by atoms with E-state index in [9.17, 15) is 0 Å². The molecule has 0 saturated carbocycles. The van der Waals surface area contributed by atoms with Crippen molar-refractivity contribution in [1.29, 1.82) is 0 Å². The third-order valence-electron chi connectivity index (χ3n) is 3.31. The first-order chi connectivity index (χ1) is 8.27. The van der Waals surface area contributed by atoms with E-state index < -0.39 is 0 Å². The Bertz CT molecular complexity index is 356. The van der Waals surface area contributed by atoms with Crippen molar-refractivity contribution in [2.24, 2.45) is 0 Å². The van der Waals surface area contributed by atoms with Gasteiger partial charge in [-0.3, -0.25) is 0 Å². The van der Waals surface area contributed by atoms with E-state index in [0.717, 1.165) is 0 Å². The van der Waals surface area contributed by atoms with Gasteiger partial charge in [-0.05, 0) is 0 Å². The van der Waals surface area contributed by atoms with E-state index in [1.54, 1.807) is 19.5 Å². The fourth-order valence-corrected chi connectivity index (χ4v) is 4.85. The molecule has 0 aromatic carbocycles. The van der Waals surface area contributed by atoms with Crippen molar-refractivity contribution >= 4 is 0 Å². The van der Waals surface area contributed by atoms with Crippen molar-refractivity contribution in [3.05, 3.63) is 43.8 Å². The molecule has 0 radical (unpaired) electrons. The summed E-state index contributed by atoms with van der Waals surface area (Å²) in [4.78, 5) is 0. The fourth-order valence-electron chi connectivity index (χ4n) is 2.19. The van der Waals surface area contributed by atoms with E-state index in [1.165, 1.54) is 38.5 Å². The molecule has 0 heterocycles. The van der Waals surface area contributed by atoms with E-state index in [2.05, 4.69) is 38.2 Å². The molecule has 0 saturated heterocycles. The van der Waals surface area contributed by atoms with Crippen LogP contribution in [-0.4, -0.2) is 0 Å². The van der Waals surface area contributed by atoms with Crippen molar-refractivity contribution in [2.45, 2.75) is 52.4 Å². The van der Waals surface area contributed by atoms with Gasteiger partial charge in [0.05, 0.1) is 0 Å². The first-order valence-electron chi connectivity index (χ1n) is 6.62. The molecule has 0 fully saturated rings. The molecule has 94 valence electrons. The zero-order chi connectivity index (χ0) is 12.1. The van der Waals surface area contributed by atoms with Gasteiger partial charge in [-0.2, -0.15) is 0 Å². The molecular formula is C16H22Ru. The third kappa shape index (κ3) is 3.78. The van der Waals surface area contributed by atoms with Crippen LogP contribution in [0, 0.1) is 0 Å². The summed E-state index contributed by atoms with van der Waals surface area (Å²) in [6.07, 6.45) is 17.3.